The summed E-state index contributed by atoms with van der Waals surface area (Å²) >= 11 is 5.96. The smallest absolute Gasteiger partial charge is 0.240 e. The first-order chi connectivity index (χ1) is 8.90. The molecule has 0 spiro atoms. The fourth-order valence-electron chi connectivity index (χ4n) is 1.92. The molecular weight excluding hydrogens is 288 g/mol. The molecule has 3 N–H and O–H groups in total. The SMILES string of the molecule is Cc1c(N)cc(S(=O)(=O)NCC2CCCO2)cc1Cl. The number of nitrogens with two attached hydrogens (primary N) is 1. The second-order valence-electron chi connectivity index (χ2n) is 4.61. The number of hydrogen-bond acceptors (Lipinski definition) is 4. The fraction of sp³-hybridized carbons (Fsp3) is 0.500. The molecule has 0 aromatic heterocycles. The topological polar surface area (TPSA) is 81.4 Å². The van der Waals surface area contributed by atoms with Crippen LogP contribution in [-0.4, -0.2) is 27.7 Å². The molecule has 1 unspecified atom stereocenters. The van der Waals surface area contributed by atoms with Crippen LogP contribution >= 0.6 is 11.6 Å². The second-order valence-corrected chi connectivity index (χ2v) is 6.78. The molecule has 2 rings (SSSR count). The lowest BCUT2D eigenvalue weighted by atomic mass is 10.2. The first kappa shape index (κ1) is 14.6. The minimum atomic E-state index is -3.60. The van der Waals surface area contributed by atoms with Gasteiger partial charge in [0.15, 0.2) is 0 Å². The van der Waals surface area contributed by atoms with Crippen molar-refractivity contribution in [2.75, 3.05) is 18.9 Å². The van der Waals surface area contributed by atoms with Crippen LogP contribution in [0.3, 0.4) is 0 Å². The number of nitrogens with one attached hydrogen (secondary N) is 1. The average Bonchev–Trinajstić information content (AvgIpc) is 2.86. The first-order valence-corrected chi connectivity index (χ1v) is 7.93. The molecule has 1 heterocycles. The summed E-state index contributed by atoms with van der Waals surface area (Å²) in [5.41, 5.74) is 6.78. The van der Waals surface area contributed by atoms with Crippen molar-refractivity contribution in [2.45, 2.75) is 30.8 Å². The Hall–Kier alpha value is -0.820. The predicted molar refractivity (Wildman–Crippen MR) is 74.8 cm³/mol. The maximum absolute atomic E-state index is 12.1. The van der Waals surface area contributed by atoms with E-state index in [1.807, 2.05) is 0 Å². The highest BCUT2D eigenvalue weighted by Crippen LogP contribution is 2.26. The van der Waals surface area contributed by atoms with Crippen molar-refractivity contribution in [3.63, 3.8) is 0 Å². The number of benzene rings is 1. The summed E-state index contributed by atoms with van der Waals surface area (Å²) in [6.07, 6.45) is 1.79. The van der Waals surface area contributed by atoms with Gasteiger partial charge in [0.1, 0.15) is 0 Å². The van der Waals surface area contributed by atoms with Gasteiger partial charge >= 0.3 is 0 Å². The third kappa shape index (κ3) is 3.39. The molecule has 7 heteroatoms. The Morgan fingerprint density at radius 1 is 1.53 bits per heavy atom. The second kappa shape index (κ2) is 5.66. The number of anilines is 1. The highest BCUT2D eigenvalue weighted by molar-refractivity contribution is 7.89. The summed E-state index contributed by atoms with van der Waals surface area (Å²) in [6, 6.07) is 2.82. The van der Waals surface area contributed by atoms with Crippen molar-refractivity contribution < 1.29 is 13.2 Å². The van der Waals surface area contributed by atoms with Gasteiger partial charge in [-0.1, -0.05) is 11.6 Å². The Kier molecular flexibility index (Phi) is 4.35. The van der Waals surface area contributed by atoms with Crippen LogP contribution in [0.1, 0.15) is 18.4 Å². The summed E-state index contributed by atoms with van der Waals surface area (Å²) in [6.45, 7) is 2.71. The van der Waals surface area contributed by atoms with Gasteiger partial charge in [0.05, 0.1) is 11.0 Å². The van der Waals surface area contributed by atoms with Crippen molar-refractivity contribution in [1.29, 1.82) is 0 Å². The van der Waals surface area contributed by atoms with E-state index in [9.17, 15) is 8.42 Å². The quantitative estimate of drug-likeness (QED) is 0.829. The monoisotopic (exact) mass is 304 g/mol. The van der Waals surface area contributed by atoms with Crippen LogP contribution in [0.5, 0.6) is 0 Å². The van der Waals surface area contributed by atoms with Crippen LogP contribution < -0.4 is 10.5 Å². The van der Waals surface area contributed by atoms with Crippen molar-refractivity contribution in [2.24, 2.45) is 0 Å². The number of halogens is 1. The Morgan fingerprint density at radius 2 is 2.26 bits per heavy atom. The van der Waals surface area contributed by atoms with E-state index >= 15 is 0 Å². The molecule has 106 valence electrons. The summed E-state index contributed by atoms with van der Waals surface area (Å²) in [4.78, 5) is 0.0820. The summed E-state index contributed by atoms with van der Waals surface area (Å²) in [5, 5.41) is 0.345. The molecule has 0 radical (unpaired) electrons. The lowest BCUT2D eigenvalue weighted by Gasteiger charge is -2.13. The number of ether oxygens (including phenoxy) is 1. The van der Waals surface area contributed by atoms with Crippen LogP contribution in [0.15, 0.2) is 17.0 Å². The molecule has 1 aliphatic rings. The van der Waals surface area contributed by atoms with Crippen LogP contribution in [0.25, 0.3) is 0 Å². The van der Waals surface area contributed by atoms with E-state index in [0.717, 1.165) is 12.8 Å². The van der Waals surface area contributed by atoms with Crippen LogP contribution in [0, 0.1) is 6.92 Å². The highest BCUT2D eigenvalue weighted by atomic mass is 35.5. The predicted octanol–water partition coefficient (Wildman–Crippen LogP) is 1.69. The molecule has 0 aliphatic carbocycles. The molecule has 1 saturated heterocycles. The number of hydrogen-bond donors (Lipinski definition) is 2. The van der Waals surface area contributed by atoms with Crippen molar-refractivity contribution in [3.8, 4) is 0 Å². The lowest BCUT2D eigenvalue weighted by molar-refractivity contribution is 0.114. The molecule has 1 aromatic rings. The molecule has 5 nitrogen and oxygen atoms in total. The molecule has 1 aliphatic heterocycles. The molecule has 0 amide bonds. The molecular formula is C12H17ClN2O3S. The van der Waals surface area contributed by atoms with E-state index < -0.39 is 10.0 Å². The molecule has 19 heavy (non-hydrogen) atoms. The van der Waals surface area contributed by atoms with Gasteiger partial charge in [-0.05, 0) is 37.5 Å². The minimum absolute atomic E-state index is 0.0481. The summed E-state index contributed by atoms with van der Waals surface area (Å²) in [5.74, 6) is 0. The van der Waals surface area contributed by atoms with Gasteiger partial charge in [0.2, 0.25) is 10.0 Å². The van der Waals surface area contributed by atoms with E-state index in [2.05, 4.69) is 4.72 Å². The van der Waals surface area contributed by atoms with Crippen molar-refractivity contribution in [1.82, 2.24) is 4.72 Å². The standard InChI is InChI=1S/C12H17ClN2O3S/c1-8-11(13)5-10(6-12(8)14)19(16,17)15-7-9-3-2-4-18-9/h5-6,9,15H,2-4,7,14H2,1H3. The Labute approximate surface area is 118 Å². The largest absolute Gasteiger partial charge is 0.398 e. The fourth-order valence-corrected chi connectivity index (χ4v) is 3.34. The maximum atomic E-state index is 12.1. The third-order valence-electron chi connectivity index (χ3n) is 3.19. The summed E-state index contributed by atoms with van der Waals surface area (Å²) < 4.78 is 32.1. The van der Waals surface area contributed by atoms with Gasteiger partial charge in [0.25, 0.3) is 0 Å². The molecule has 1 fully saturated rings. The van der Waals surface area contributed by atoms with Gasteiger partial charge < -0.3 is 10.5 Å². The number of nitrogen functional groups attached to an aromatic ring is 1. The lowest BCUT2D eigenvalue weighted by Crippen LogP contribution is -2.31. The van der Waals surface area contributed by atoms with Crippen LogP contribution in [-0.2, 0) is 14.8 Å². The zero-order chi connectivity index (χ0) is 14.0. The molecule has 0 bridgehead atoms. The normalized spacial score (nSPS) is 19.8. The van der Waals surface area contributed by atoms with Crippen molar-refractivity contribution in [3.05, 3.63) is 22.7 Å². The van der Waals surface area contributed by atoms with Gasteiger partial charge in [-0.3, -0.25) is 0 Å². The Morgan fingerprint density at radius 3 is 2.84 bits per heavy atom. The zero-order valence-electron chi connectivity index (χ0n) is 10.6. The van der Waals surface area contributed by atoms with E-state index in [1.165, 1.54) is 12.1 Å². The highest BCUT2D eigenvalue weighted by Gasteiger charge is 2.21. The van der Waals surface area contributed by atoms with Crippen LogP contribution in [0.4, 0.5) is 5.69 Å². The van der Waals surface area contributed by atoms with Gasteiger partial charge in [-0.25, -0.2) is 13.1 Å². The van der Waals surface area contributed by atoms with Gasteiger partial charge in [-0.15, -0.1) is 0 Å². The van der Waals surface area contributed by atoms with E-state index in [4.69, 9.17) is 22.1 Å². The average molecular weight is 305 g/mol. The minimum Gasteiger partial charge on any atom is -0.398 e. The number of sulfonamides is 1. The molecule has 1 aromatic carbocycles. The van der Waals surface area contributed by atoms with Gasteiger partial charge in [0, 0.05) is 23.9 Å². The third-order valence-corrected chi connectivity index (χ3v) is 4.99. The van der Waals surface area contributed by atoms with E-state index in [1.54, 1.807) is 6.92 Å². The van der Waals surface area contributed by atoms with E-state index in [0.29, 0.717) is 22.9 Å². The van der Waals surface area contributed by atoms with E-state index in [-0.39, 0.29) is 17.5 Å². The first-order valence-electron chi connectivity index (χ1n) is 6.07. The maximum Gasteiger partial charge on any atom is 0.240 e. The zero-order valence-corrected chi connectivity index (χ0v) is 12.2. The molecule has 0 saturated carbocycles. The van der Waals surface area contributed by atoms with Gasteiger partial charge in [-0.2, -0.15) is 0 Å². The van der Waals surface area contributed by atoms with Crippen LogP contribution in [0.2, 0.25) is 5.02 Å². The Bertz CT molecular complexity index is 545. The van der Waals surface area contributed by atoms with Crippen molar-refractivity contribution >= 4 is 27.3 Å². The Balaban J connectivity index is 2.14. The molecule has 1 atom stereocenters. The number of rotatable bonds is 4. The summed E-state index contributed by atoms with van der Waals surface area (Å²) in [7, 11) is -3.60.